The maximum atomic E-state index is 13.4. The van der Waals surface area contributed by atoms with Gasteiger partial charge in [-0.05, 0) is 47.6 Å². The van der Waals surface area contributed by atoms with E-state index < -0.39 is 23.7 Å². The number of amides is 1. The number of nitrogens with zero attached hydrogens (tertiary/aromatic N) is 1. The highest BCUT2D eigenvalue weighted by molar-refractivity contribution is 5.72. The fourth-order valence-corrected chi connectivity index (χ4v) is 3.30. The monoisotopic (exact) mass is 315 g/mol. The number of carboxylic acid groups (broad SMARTS) is 1. The minimum Gasteiger partial charge on any atom is -0.465 e. The number of fused-ring (bicyclic) bond motifs is 1. The summed E-state index contributed by atoms with van der Waals surface area (Å²) in [4.78, 5) is 12.2. The van der Waals surface area contributed by atoms with Crippen molar-refractivity contribution in [2.45, 2.75) is 12.6 Å². The van der Waals surface area contributed by atoms with Crippen LogP contribution >= 0.6 is 0 Å². The van der Waals surface area contributed by atoms with Gasteiger partial charge < -0.3 is 10.0 Å². The van der Waals surface area contributed by atoms with Crippen molar-refractivity contribution in [2.24, 2.45) is 11.8 Å². The van der Waals surface area contributed by atoms with E-state index in [2.05, 4.69) is 0 Å². The molecule has 1 amide bonds. The van der Waals surface area contributed by atoms with Crippen molar-refractivity contribution in [1.82, 2.24) is 4.90 Å². The molecule has 1 N–H and O–H groups in total. The predicted octanol–water partition coefficient (Wildman–Crippen LogP) is 3.86. The fraction of sp³-hybridized carbons (Fsp3) is 0.400. The molecule has 7 heteroatoms. The van der Waals surface area contributed by atoms with Gasteiger partial charge in [0.25, 0.3) is 0 Å². The molecule has 1 saturated heterocycles. The molecule has 2 aliphatic rings. The summed E-state index contributed by atoms with van der Waals surface area (Å²) in [5, 5.41) is 8.95. The number of likely N-dealkylation sites (tertiary alicyclic amines) is 1. The standard InChI is InChI=1S/C15H13F4NO2/c16-11-1-2-13(15(17,18)19)12(5-11)8-3-9-6-20(14(21)22)7-10(9)4-8/h1-3,5,9-10H,4,6-7H2,(H,21,22). The number of benzene rings is 1. The molecule has 1 aromatic rings. The van der Waals surface area contributed by atoms with E-state index in [9.17, 15) is 22.4 Å². The summed E-state index contributed by atoms with van der Waals surface area (Å²) in [6, 6.07) is 2.46. The van der Waals surface area contributed by atoms with Crippen molar-refractivity contribution in [3.05, 3.63) is 41.2 Å². The first kappa shape index (κ1) is 14.9. The van der Waals surface area contributed by atoms with Crippen LogP contribution < -0.4 is 0 Å². The number of hydrogen-bond donors (Lipinski definition) is 1. The van der Waals surface area contributed by atoms with E-state index in [1.54, 1.807) is 6.08 Å². The van der Waals surface area contributed by atoms with Gasteiger partial charge in [-0.25, -0.2) is 9.18 Å². The predicted molar refractivity (Wildman–Crippen MR) is 70.6 cm³/mol. The van der Waals surface area contributed by atoms with Crippen LogP contribution in [0.4, 0.5) is 22.4 Å². The highest BCUT2D eigenvalue weighted by Crippen LogP contribution is 2.44. The van der Waals surface area contributed by atoms with Gasteiger partial charge in [0.1, 0.15) is 5.82 Å². The molecule has 1 aliphatic carbocycles. The number of alkyl halides is 3. The van der Waals surface area contributed by atoms with Crippen molar-refractivity contribution in [2.75, 3.05) is 13.1 Å². The van der Waals surface area contributed by atoms with Crippen LogP contribution in [0.5, 0.6) is 0 Å². The summed E-state index contributed by atoms with van der Waals surface area (Å²) in [5.74, 6) is -0.848. The van der Waals surface area contributed by atoms with Gasteiger partial charge in [0, 0.05) is 13.1 Å². The molecule has 1 aromatic carbocycles. The van der Waals surface area contributed by atoms with Gasteiger partial charge in [-0.3, -0.25) is 0 Å². The first-order valence-electron chi connectivity index (χ1n) is 6.81. The highest BCUT2D eigenvalue weighted by atomic mass is 19.4. The molecule has 0 radical (unpaired) electrons. The normalized spacial score (nSPS) is 24.4. The van der Waals surface area contributed by atoms with Gasteiger partial charge >= 0.3 is 12.3 Å². The van der Waals surface area contributed by atoms with Gasteiger partial charge in [-0.15, -0.1) is 0 Å². The van der Waals surface area contributed by atoms with Crippen LogP contribution in [0.1, 0.15) is 17.5 Å². The fourth-order valence-electron chi connectivity index (χ4n) is 3.30. The molecule has 2 unspecified atom stereocenters. The SMILES string of the molecule is O=C(O)N1CC2C=C(c3cc(F)ccc3C(F)(F)F)CC2C1. The Morgan fingerprint density at radius 1 is 1.27 bits per heavy atom. The van der Waals surface area contributed by atoms with E-state index in [-0.39, 0.29) is 23.9 Å². The zero-order chi connectivity index (χ0) is 16.1. The highest BCUT2D eigenvalue weighted by Gasteiger charge is 2.41. The largest absolute Gasteiger partial charge is 0.465 e. The molecule has 1 fully saturated rings. The summed E-state index contributed by atoms with van der Waals surface area (Å²) < 4.78 is 52.5. The average molecular weight is 315 g/mol. The van der Waals surface area contributed by atoms with Gasteiger partial charge in [0.2, 0.25) is 0 Å². The number of rotatable bonds is 1. The molecule has 22 heavy (non-hydrogen) atoms. The van der Waals surface area contributed by atoms with E-state index in [1.807, 2.05) is 0 Å². The first-order chi connectivity index (χ1) is 10.3. The number of carbonyl (C=O) groups is 1. The number of halogens is 4. The lowest BCUT2D eigenvalue weighted by molar-refractivity contribution is -0.137. The molecule has 0 saturated carbocycles. The van der Waals surface area contributed by atoms with E-state index in [4.69, 9.17) is 5.11 Å². The minimum atomic E-state index is -4.55. The molecule has 1 heterocycles. The Morgan fingerprint density at radius 2 is 2.00 bits per heavy atom. The Hall–Kier alpha value is -2.05. The van der Waals surface area contributed by atoms with Gasteiger partial charge in [0.05, 0.1) is 5.56 Å². The van der Waals surface area contributed by atoms with E-state index in [1.165, 1.54) is 4.90 Å². The average Bonchev–Trinajstić information content (AvgIpc) is 2.94. The Morgan fingerprint density at radius 3 is 2.59 bits per heavy atom. The zero-order valence-corrected chi connectivity index (χ0v) is 11.4. The van der Waals surface area contributed by atoms with E-state index in [0.29, 0.717) is 18.5 Å². The molecule has 0 bridgehead atoms. The van der Waals surface area contributed by atoms with Crippen molar-refractivity contribution >= 4 is 11.7 Å². The summed E-state index contributed by atoms with van der Waals surface area (Å²) in [5.41, 5.74) is -0.536. The summed E-state index contributed by atoms with van der Waals surface area (Å²) in [7, 11) is 0. The van der Waals surface area contributed by atoms with Crippen LogP contribution in [-0.2, 0) is 6.18 Å². The third-order valence-electron chi connectivity index (χ3n) is 4.29. The maximum absolute atomic E-state index is 13.4. The Kier molecular flexibility index (Phi) is 3.38. The molecular weight excluding hydrogens is 302 g/mol. The molecule has 3 nitrogen and oxygen atoms in total. The van der Waals surface area contributed by atoms with Crippen LogP contribution in [-0.4, -0.2) is 29.2 Å². The Labute approximate surface area is 123 Å². The van der Waals surface area contributed by atoms with Crippen molar-refractivity contribution in [3.63, 3.8) is 0 Å². The lowest BCUT2D eigenvalue weighted by Gasteiger charge is -2.16. The lowest BCUT2D eigenvalue weighted by atomic mass is 9.95. The summed E-state index contributed by atoms with van der Waals surface area (Å²) in [6.45, 7) is 0.580. The van der Waals surface area contributed by atoms with Crippen molar-refractivity contribution in [1.29, 1.82) is 0 Å². The third kappa shape index (κ3) is 2.55. The van der Waals surface area contributed by atoms with Crippen LogP contribution in [0.2, 0.25) is 0 Å². The van der Waals surface area contributed by atoms with Crippen molar-refractivity contribution in [3.8, 4) is 0 Å². The molecule has 2 atom stereocenters. The van der Waals surface area contributed by atoms with Crippen LogP contribution in [0, 0.1) is 17.7 Å². The zero-order valence-electron chi connectivity index (χ0n) is 11.4. The van der Waals surface area contributed by atoms with Gasteiger partial charge in [-0.1, -0.05) is 6.08 Å². The van der Waals surface area contributed by atoms with E-state index in [0.717, 1.165) is 18.2 Å². The quantitative estimate of drug-likeness (QED) is 0.800. The molecule has 0 spiro atoms. The molecule has 0 aromatic heterocycles. The van der Waals surface area contributed by atoms with Crippen molar-refractivity contribution < 1.29 is 27.5 Å². The van der Waals surface area contributed by atoms with Gasteiger partial charge in [0.15, 0.2) is 0 Å². The molecule has 118 valence electrons. The topological polar surface area (TPSA) is 40.5 Å². The first-order valence-corrected chi connectivity index (χ1v) is 6.81. The third-order valence-corrected chi connectivity index (χ3v) is 4.29. The van der Waals surface area contributed by atoms with Crippen LogP contribution in [0.25, 0.3) is 5.57 Å². The van der Waals surface area contributed by atoms with Crippen LogP contribution in [0.15, 0.2) is 24.3 Å². The summed E-state index contributed by atoms with van der Waals surface area (Å²) in [6.07, 6.45) is -3.57. The lowest BCUT2D eigenvalue weighted by Crippen LogP contribution is -2.27. The van der Waals surface area contributed by atoms with Gasteiger partial charge in [-0.2, -0.15) is 13.2 Å². The Balaban J connectivity index is 1.93. The smallest absolute Gasteiger partial charge is 0.416 e. The molecule has 1 aliphatic heterocycles. The number of hydrogen-bond acceptors (Lipinski definition) is 1. The second kappa shape index (κ2) is 5.00. The Bertz CT molecular complexity index is 653. The second-order valence-corrected chi connectivity index (χ2v) is 5.70. The number of allylic oxidation sites excluding steroid dienone is 1. The summed E-state index contributed by atoms with van der Waals surface area (Å²) >= 11 is 0. The molecule has 3 rings (SSSR count). The minimum absolute atomic E-state index is 0.0320. The maximum Gasteiger partial charge on any atom is 0.416 e. The van der Waals surface area contributed by atoms with E-state index >= 15 is 0 Å². The second-order valence-electron chi connectivity index (χ2n) is 5.70. The van der Waals surface area contributed by atoms with Crippen LogP contribution in [0.3, 0.4) is 0 Å². The molecular formula is C15H13F4NO2.